The molecule has 1 heterocycles. The van der Waals surface area contributed by atoms with Crippen molar-refractivity contribution in [2.24, 2.45) is 17.8 Å². The van der Waals surface area contributed by atoms with Crippen molar-refractivity contribution in [1.82, 2.24) is 0 Å². The van der Waals surface area contributed by atoms with Crippen LogP contribution in [0, 0.1) is 31.6 Å². The molecule has 0 fully saturated rings. The predicted octanol–water partition coefficient (Wildman–Crippen LogP) is 12.1. The molecule has 39 heavy (non-hydrogen) atoms. The number of benzene rings is 1. The molecule has 0 bridgehead atoms. The molecule has 3 atom stereocenters. The van der Waals surface area contributed by atoms with Gasteiger partial charge in [-0.15, -0.1) is 0 Å². The summed E-state index contributed by atoms with van der Waals surface area (Å²) in [6.45, 7) is 31.3. The van der Waals surface area contributed by atoms with Crippen molar-refractivity contribution >= 4 is 5.97 Å². The van der Waals surface area contributed by atoms with E-state index < -0.39 is 0 Å². The molecule has 1 aliphatic heterocycles. The lowest BCUT2D eigenvalue weighted by molar-refractivity contribution is -0.131. The maximum absolute atomic E-state index is 11.0. The van der Waals surface area contributed by atoms with Gasteiger partial charge in [0.2, 0.25) is 0 Å². The first kappa shape index (κ1) is 42.0. The van der Waals surface area contributed by atoms with E-state index in [1.165, 1.54) is 58.3 Å². The third kappa shape index (κ3) is 20.1. The highest BCUT2D eigenvalue weighted by Gasteiger charge is 2.21. The molecule has 0 amide bonds. The molecule has 0 saturated carbocycles. The minimum absolute atomic E-state index is 0.264. The van der Waals surface area contributed by atoms with E-state index in [2.05, 4.69) is 41.5 Å². The molecule has 0 N–H and O–H groups in total. The van der Waals surface area contributed by atoms with E-state index in [1.54, 1.807) is 0 Å². The van der Waals surface area contributed by atoms with Crippen LogP contribution in [-0.2, 0) is 11.2 Å². The first-order chi connectivity index (χ1) is 18.5. The second-order valence-electron chi connectivity index (χ2n) is 10.9. The van der Waals surface area contributed by atoms with Gasteiger partial charge in [0.05, 0.1) is 6.10 Å². The van der Waals surface area contributed by atoms with Gasteiger partial charge in [-0.1, -0.05) is 128 Å². The summed E-state index contributed by atoms with van der Waals surface area (Å²) in [6.07, 6.45) is 13.7. The van der Waals surface area contributed by atoms with E-state index in [0.29, 0.717) is 5.75 Å². The molecular formula is C36H70O3. The van der Waals surface area contributed by atoms with Crippen LogP contribution in [0.4, 0.5) is 0 Å². The molecule has 3 nitrogen and oxygen atoms in total. The molecular weight excluding hydrogens is 480 g/mol. The third-order valence-corrected chi connectivity index (χ3v) is 6.92. The number of carbonyl (C=O) groups is 1. The fourth-order valence-electron chi connectivity index (χ4n) is 4.63. The SMILES string of the molecule is CC.CC.CC.CC(=O)Oc1cc2c(c(C)c1C)OC(C)CC2.CCCC(C)CCCC(C)CCCC(C)C. The average Bonchev–Trinajstić information content (AvgIpc) is 2.91. The molecule has 0 radical (unpaired) electrons. The maximum atomic E-state index is 11.0. The van der Waals surface area contributed by atoms with Crippen LogP contribution in [0.5, 0.6) is 11.5 Å². The summed E-state index contributed by atoms with van der Waals surface area (Å²) in [7, 11) is 0. The highest BCUT2D eigenvalue weighted by molar-refractivity contribution is 5.70. The molecule has 0 aromatic heterocycles. The molecule has 2 rings (SSSR count). The van der Waals surface area contributed by atoms with E-state index in [4.69, 9.17) is 9.47 Å². The zero-order valence-corrected chi connectivity index (χ0v) is 29.2. The van der Waals surface area contributed by atoms with Crippen molar-refractivity contribution in [2.45, 2.75) is 174 Å². The summed E-state index contributed by atoms with van der Waals surface area (Å²) in [5.41, 5.74) is 3.20. The number of fused-ring (bicyclic) bond motifs is 1. The molecule has 3 unspecified atom stereocenters. The molecule has 0 aliphatic carbocycles. The van der Waals surface area contributed by atoms with Crippen molar-refractivity contribution < 1.29 is 14.3 Å². The topological polar surface area (TPSA) is 35.5 Å². The number of carbonyl (C=O) groups excluding carboxylic acids is 1. The fraction of sp³-hybridized carbons (Fsp3) is 0.806. The van der Waals surface area contributed by atoms with Crippen LogP contribution in [0.15, 0.2) is 6.07 Å². The summed E-state index contributed by atoms with van der Waals surface area (Å²) in [5.74, 6) is 4.14. The summed E-state index contributed by atoms with van der Waals surface area (Å²) in [5, 5.41) is 0. The Balaban J connectivity index is -0.000000559. The van der Waals surface area contributed by atoms with Crippen LogP contribution in [-0.4, -0.2) is 12.1 Å². The summed E-state index contributed by atoms with van der Waals surface area (Å²) in [6, 6.07) is 1.94. The van der Waals surface area contributed by atoms with Crippen molar-refractivity contribution in [3.05, 3.63) is 22.8 Å². The van der Waals surface area contributed by atoms with Gasteiger partial charge in [0.25, 0.3) is 0 Å². The predicted molar refractivity (Wildman–Crippen MR) is 175 cm³/mol. The Bertz CT molecular complexity index is 708. The van der Waals surface area contributed by atoms with Crippen molar-refractivity contribution in [1.29, 1.82) is 0 Å². The number of ether oxygens (including phenoxy) is 2. The summed E-state index contributed by atoms with van der Waals surface area (Å²) in [4.78, 5) is 11.0. The molecule has 3 heteroatoms. The number of aryl methyl sites for hydroxylation is 1. The Morgan fingerprint density at radius 2 is 1.36 bits per heavy atom. The van der Waals surface area contributed by atoms with Crippen LogP contribution in [0.2, 0.25) is 0 Å². The van der Waals surface area contributed by atoms with Gasteiger partial charge >= 0.3 is 5.97 Å². The van der Waals surface area contributed by atoms with Crippen LogP contribution < -0.4 is 9.47 Å². The lowest BCUT2D eigenvalue weighted by Crippen LogP contribution is -2.20. The van der Waals surface area contributed by atoms with E-state index in [1.807, 2.05) is 61.5 Å². The van der Waals surface area contributed by atoms with E-state index in [0.717, 1.165) is 53.0 Å². The third-order valence-electron chi connectivity index (χ3n) is 6.92. The van der Waals surface area contributed by atoms with Gasteiger partial charge in [-0.2, -0.15) is 0 Å². The quantitative estimate of drug-likeness (QED) is 0.203. The van der Waals surface area contributed by atoms with Gasteiger partial charge in [0.15, 0.2) is 0 Å². The molecule has 0 spiro atoms. The minimum atomic E-state index is -0.280. The Labute approximate surface area is 246 Å². The zero-order valence-electron chi connectivity index (χ0n) is 29.2. The van der Waals surface area contributed by atoms with Crippen LogP contribution in [0.25, 0.3) is 0 Å². The van der Waals surface area contributed by atoms with Gasteiger partial charge < -0.3 is 9.47 Å². The van der Waals surface area contributed by atoms with Crippen molar-refractivity contribution in [3.63, 3.8) is 0 Å². The van der Waals surface area contributed by atoms with Crippen LogP contribution in [0.1, 0.15) is 164 Å². The Kier molecular flexibility index (Phi) is 28.7. The van der Waals surface area contributed by atoms with Gasteiger partial charge in [-0.05, 0) is 74.1 Å². The Morgan fingerprint density at radius 3 is 1.82 bits per heavy atom. The minimum Gasteiger partial charge on any atom is -0.490 e. The maximum Gasteiger partial charge on any atom is 0.308 e. The van der Waals surface area contributed by atoms with Crippen molar-refractivity contribution in [2.75, 3.05) is 0 Å². The number of hydrogen-bond acceptors (Lipinski definition) is 3. The highest BCUT2D eigenvalue weighted by Crippen LogP contribution is 2.37. The Morgan fingerprint density at radius 1 is 0.872 bits per heavy atom. The van der Waals surface area contributed by atoms with Gasteiger partial charge in [-0.25, -0.2) is 0 Å². The Hall–Kier alpha value is -1.51. The monoisotopic (exact) mass is 551 g/mol. The van der Waals surface area contributed by atoms with E-state index >= 15 is 0 Å². The second kappa shape index (κ2) is 26.7. The van der Waals surface area contributed by atoms with Gasteiger partial charge in [-0.3, -0.25) is 4.79 Å². The summed E-state index contributed by atoms with van der Waals surface area (Å²) >= 11 is 0. The van der Waals surface area contributed by atoms with Gasteiger partial charge in [0, 0.05) is 6.92 Å². The second-order valence-corrected chi connectivity index (χ2v) is 10.9. The first-order valence-corrected chi connectivity index (χ1v) is 16.5. The first-order valence-electron chi connectivity index (χ1n) is 16.5. The van der Waals surface area contributed by atoms with Gasteiger partial charge in [0.1, 0.15) is 11.5 Å². The van der Waals surface area contributed by atoms with Crippen molar-refractivity contribution in [3.8, 4) is 11.5 Å². The lowest BCUT2D eigenvalue weighted by Gasteiger charge is -2.26. The number of rotatable bonds is 11. The highest BCUT2D eigenvalue weighted by atomic mass is 16.5. The zero-order chi connectivity index (χ0) is 31.0. The van der Waals surface area contributed by atoms with Crippen LogP contribution in [0.3, 0.4) is 0 Å². The van der Waals surface area contributed by atoms with Crippen LogP contribution >= 0.6 is 0 Å². The van der Waals surface area contributed by atoms with E-state index in [-0.39, 0.29) is 12.1 Å². The molecule has 1 aromatic rings. The molecule has 0 saturated heterocycles. The van der Waals surface area contributed by atoms with E-state index in [9.17, 15) is 4.79 Å². The lowest BCUT2D eigenvalue weighted by atomic mass is 9.92. The normalized spacial score (nSPS) is 14.7. The number of hydrogen-bond donors (Lipinski definition) is 0. The number of esters is 1. The average molecular weight is 551 g/mol. The largest absolute Gasteiger partial charge is 0.490 e. The molecule has 1 aromatic carbocycles. The standard InChI is InChI=1S/C16H34.C14H18O3.3C2H6/c1-6-9-15(4)12-8-13-16(5)11-7-10-14(2)3;1-8-5-6-12-7-13(17-11(4)15)9(2)10(3)14(12)16-8;3*1-2/h14-16H,6-13H2,1-5H3;7-8H,5-6H2,1-4H3;3*1-2H3. The molecule has 1 aliphatic rings. The molecule has 232 valence electrons. The fourth-order valence-corrected chi connectivity index (χ4v) is 4.63. The summed E-state index contributed by atoms with van der Waals surface area (Å²) < 4.78 is 11.1. The smallest absolute Gasteiger partial charge is 0.308 e.